The molecule has 1 aromatic carbocycles. The topological polar surface area (TPSA) is 29.3 Å². The normalized spacial score (nSPS) is 22.4. The Labute approximate surface area is 111 Å². The molecule has 0 aromatic heterocycles. The van der Waals surface area contributed by atoms with E-state index in [4.69, 9.17) is 5.84 Å². The monoisotopic (exact) mass is 246 g/mol. The molecule has 1 fully saturated rings. The number of aryl methyl sites for hydroxylation is 1. The summed E-state index contributed by atoms with van der Waals surface area (Å²) in [6.45, 7) is 1.08. The van der Waals surface area contributed by atoms with E-state index in [1.54, 1.807) is 0 Å². The van der Waals surface area contributed by atoms with Crippen LogP contribution >= 0.6 is 0 Å². The fraction of sp³-hybridized carbons (Fsp3) is 0.625. The Morgan fingerprint density at radius 2 is 1.83 bits per heavy atom. The maximum Gasteiger partial charge on any atom is 0.0241 e. The number of nitrogens with two attached hydrogens (primary N) is 1. The highest BCUT2D eigenvalue weighted by atomic mass is 15.4. The average molecular weight is 246 g/mol. The summed E-state index contributed by atoms with van der Waals surface area (Å²) < 4.78 is 0. The fourth-order valence-electron chi connectivity index (χ4n) is 2.87. The van der Waals surface area contributed by atoms with Crippen molar-refractivity contribution in [3.05, 3.63) is 35.9 Å². The molecular formula is C16H26N2. The first kappa shape index (κ1) is 13.6. The Morgan fingerprint density at radius 3 is 2.67 bits per heavy atom. The first-order valence-electron chi connectivity index (χ1n) is 7.41. The van der Waals surface area contributed by atoms with Crippen LogP contribution in [-0.2, 0) is 6.42 Å². The predicted octanol–water partition coefficient (Wildman–Crippen LogP) is 3.52. The van der Waals surface area contributed by atoms with Crippen LogP contribution in [0.15, 0.2) is 30.3 Å². The number of benzene rings is 1. The molecule has 1 aliphatic heterocycles. The first-order valence-corrected chi connectivity index (χ1v) is 7.41. The summed E-state index contributed by atoms with van der Waals surface area (Å²) >= 11 is 0. The van der Waals surface area contributed by atoms with Crippen LogP contribution in [-0.4, -0.2) is 17.6 Å². The van der Waals surface area contributed by atoms with Gasteiger partial charge in [-0.05, 0) is 37.7 Å². The van der Waals surface area contributed by atoms with Gasteiger partial charge in [-0.1, -0.05) is 49.6 Å². The van der Waals surface area contributed by atoms with Crippen molar-refractivity contribution in [3.63, 3.8) is 0 Å². The second-order valence-electron chi connectivity index (χ2n) is 5.47. The number of hydrogen-bond acceptors (Lipinski definition) is 2. The lowest BCUT2D eigenvalue weighted by molar-refractivity contribution is 0.160. The largest absolute Gasteiger partial charge is 0.269 e. The molecule has 0 spiro atoms. The molecule has 1 unspecified atom stereocenters. The Morgan fingerprint density at radius 1 is 1.06 bits per heavy atom. The molecule has 1 saturated heterocycles. The lowest BCUT2D eigenvalue weighted by Crippen LogP contribution is -2.42. The minimum atomic E-state index is 0.606. The molecule has 0 amide bonds. The Bertz CT molecular complexity index is 323. The average Bonchev–Trinajstić information content (AvgIpc) is 2.39. The molecule has 2 heteroatoms. The van der Waals surface area contributed by atoms with Gasteiger partial charge >= 0.3 is 0 Å². The third kappa shape index (κ3) is 4.43. The molecular weight excluding hydrogens is 220 g/mol. The van der Waals surface area contributed by atoms with Gasteiger partial charge in [0.25, 0.3) is 0 Å². The molecule has 18 heavy (non-hydrogen) atoms. The third-order valence-corrected chi connectivity index (χ3v) is 4.02. The number of rotatable bonds is 4. The first-order chi connectivity index (χ1) is 8.86. The molecule has 0 saturated carbocycles. The summed E-state index contributed by atoms with van der Waals surface area (Å²) in [5.41, 5.74) is 1.45. The third-order valence-electron chi connectivity index (χ3n) is 4.02. The van der Waals surface area contributed by atoms with E-state index >= 15 is 0 Å². The number of nitrogens with zero attached hydrogens (tertiary/aromatic N) is 1. The van der Waals surface area contributed by atoms with Crippen LogP contribution in [0.25, 0.3) is 0 Å². The van der Waals surface area contributed by atoms with E-state index < -0.39 is 0 Å². The van der Waals surface area contributed by atoms with Gasteiger partial charge in [0, 0.05) is 12.6 Å². The zero-order chi connectivity index (χ0) is 12.6. The zero-order valence-corrected chi connectivity index (χ0v) is 11.4. The van der Waals surface area contributed by atoms with Gasteiger partial charge in [0.15, 0.2) is 0 Å². The van der Waals surface area contributed by atoms with E-state index in [0.717, 1.165) is 6.54 Å². The van der Waals surface area contributed by atoms with Crippen molar-refractivity contribution < 1.29 is 0 Å². The van der Waals surface area contributed by atoms with E-state index in [1.807, 2.05) is 0 Å². The van der Waals surface area contributed by atoms with Crippen LogP contribution in [0.4, 0.5) is 0 Å². The van der Waals surface area contributed by atoms with Crippen molar-refractivity contribution in [2.24, 2.45) is 5.84 Å². The highest BCUT2D eigenvalue weighted by molar-refractivity contribution is 5.14. The van der Waals surface area contributed by atoms with Gasteiger partial charge in [-0.3, -0.25) is 5.84 Å². The molecule has 1 aliphatic rings. The lowest BCUT2D eigenvalue weighted by atomic mass is 9.97. The van der Waals surface area contributed by atoms with Crippen LogP contribution in [0.3, 0.4) is 0 Å². The summed E-state index contributed by atoms with van der Waals surface area (Å²) in [5.74, 6) is 6.16. The summed E-state index contributed by atoms with van der Waals surface area (Å²) in [7, 11) is 0. The van der Waals surface area contributed by atoms with E-state index in [9.17, 15) is 0 Å². The van der Waals surface area contributed by atoms with Crippen LogP contribution < -0.4 is 5.84 Å². The van der Waals surface area contributed by atoms with Gasteiger partial charge in [-0.15, -0.1) is 0 Å². The number of hydrazine groups is 1. The second kappa shape index (κ2) is 7.55. The molecule has 100 valence electrons. The molecule has 1 atom stereocenters. The standard InChI is InChI=1S/C16H26N2/c17-18-14-7-2-1-6-12-16(18)13-8-11-15-9-4-3-5-10-15/h3-5,9-10,16H,1-2,6-8,11-14,17H2. The molecule has 2 rings (SSSR count). The van der Waals surface area contributed by atoms with Gasteiger partial charge in [0.2, 0.25) is 0 Å². The van der Waals surface area contributed by atoms with Gasteiger partial charge in [-0.25, -0.2) is 5.01 Å². The van der Waals surface area contributed by atoms with E-state index in [-0.39, 0.29) is 0 Å². The van der Waals surface area contributed by atoms with Gasteiger partial charge in [0.05, 0.1) is 0 Å². The summed E-state index contributed by atoms with van der Waals surface area (Å²) in [4.78, 5) is 0. The molecule has 2 N–H and O–H groups in total. The highest BCUT2D eigenvalue weighted by Crippen LogP contribution is 2.18. The quantitative estimate of drug-likeness (QED) is 0.824. The Balaban J connectivity index is 1.74. The molecule has 1 heterocycles. The van der Waals surface area contributed by atoms with Crippen LogP contribution in [0.1, 0.15) is 50.5 Å². The van der Waals surface area contributed by atoms with Gasteiger partial charge in [-0.2, -0.15) is 0 Å². The molecule has 0 radical (unpaired) electrons. The van der Waals surface area contributed by atoms with Crippen LogP contribution in [0, 0.1) is 0 Å². The predicted molar refractivity (Wildman–Crippen MR) is 77.1 cm³/mol. The molecule has 1 aromatic rings. The van der Waals surface area contributed by atoms with E-state index in [0.29, 0.717) is 6.04 Å². The smallest absolute Gasteiger partial charge is 0.0241 e. The maximum absolute atomic E-state index is 6.16. The summed E-state index contributed by atoms with van der Waals surface area (Å²) in [5, 5.41) is 2.10. The van der Waals surface area contributed by atoms with Crippen molar-refractivity contribution in [2.45, 2.75) is 57.4 Å². The van der Waals surface area contributed by atoms with Crippen molar-refractivity contribution in [1.82, 2.24) is 5.01 Å². The number of hydrogen-bond donors (Lipinski definition) is 1. The lowest BCUT2D eigenvalue weighted by Gasteiger charge is -2.29. The van der Waals surface area contributed by atoms with Crippen molar-refractivity contribution in [2.75, 3.05) is 6.54 Å². The second-order valence-corrected chi connectivity index (χ2v) is 5.47. The van der Waals surface area contributed by atoms with Crippen molar-refractivity contribution >= 4 is 0 Å². The van der Waals surface area contributed by atoms with Crippen molar-refractivity contribution in [3.8, 4) is 0 Å². The van der Waals surface area contributed by atoms with Gasteiger partial charge < -0.3 is 0 Å². The Hall–Kier alpha value is -0.860. The van der Waals surface area contributed by atoms with Crippen LogP contribution in [0.5, 0.6) is 0 Å². The molecule has 2 nitrogen and oxygen atoms in total. The minimum absolute atomic E-state index is 0.606. The zero-order valence-electron chi connectivity index (χ0n) is 11.4. The van der Waals surface area contributed by atoms with E-state index in [2.05, 4.69) is 35.3 Å². The Kier molecular flexibility index (Phi) is 5.69. The molecule has 0 bridgehead atoms. The van der Waals surface area contributed by atoms with Crippen LogP contribution in [0.2, 0.25) is 0 Å². The minimum Gasteiger partial charge on any atom is -0.269 e. The van der Waals surface area contributed by atoms with Gasteiger partial charge in [0.1, 0.15) is 0 Å². The maximum atomic E-state index is 6.16. The van der Waals surface area contributed by atoms with Crippen molar-refractivity contribution in [1.29, 1.82) is 0 Å². The highest BCUT2D eigenvalue weighted by Gasteiger charge is 2.16. The SMILES string of the molecule is NN1CCCCCCC1CCCc1ccccc1. The summed E-state index contributed by atoms with van der Waals surface area (Å²) in [6, 6.07) is 11.4. The van der Waals surface area contributed by atoms with E-state index in [1.165, 1.54) is 56.9 Å². The summed E-state index contributed by atoms with van der Waals surface area (Å²) in [6.07, 6.45) is 10.3. The molecule has 0 aliphatic carbocycles. The fourth-order valence-corrected chi connectivity index (χ4v) is 2.87.